The summed E-state index contributed by atoms with van der Waals surface area (Å²) in [4.78, 5) is 21.3. The minimum Gasteiger partial charge on any atom is -0.423 e. The Labute approximate surface area is 234 Å². The number of ether oxygens (including phenoxy) is 1. The van der Waals surface area contributed by atoms with Gasteiger partial charge in [0.25, 0.3) is 0 Å². The number of hydrogen-bond acceptors (Lipinski definition) is 4. The summed E-state index contributed by atoms with van der Waals surface area (Å²) in [6.07, 6.45) is 21.9. The molecule has 0 fully saturated rings. The number of benzene rings is 2. The van der Waals surface area contributed by atoms with Crippen LogP contribution in [0.5, 0.6) is 5.75 Å². The molecule has 4 nitrogen and oxygen atoms in total. The van der Waals surface area contributed by atoms with Gasteiger partial charge in [0.1, 0.15) is 11.6 Å². The minimum absolute atomic E-state index is 0.160. The third-order valence-electron chi connectivity index (χ3n) is 7.17. The first-order chi connectivity index (χ1) is 19.1. The van der Waals surface area contributed by atoms with Gasteiger partial charge in [0.2, 0.25) is 0 Å². The van der Waals surface area contributed by atoms with Gasteiger partial charge in [-0.1, -0.05) is 96.6 Å². The maximum atomic E-state index is 14.8. The smallest absolute Gasteiger partial charge is 0.343 e. The second kappa shape index (κ2) is 17.5. The largest absolute Gasteiger partial charge is 0.423 e. The number of unbranched alkanes of at least 4 members (excludes halogenated alkanes) is 11. The topological polar surface area (TPSA) is 52.1 Å². The van der Waals surface area contributed by atoms with Crippen molar-refractivity contribution >= 4 is 5.97 Å². The Morgan fingerprint density at radius 1 is 0.692 bits per heavy atom. The molecule has 0 N–H and O–H groups in total. The van der Waals surface area contributed by atoms with Crippen LogP contribution in [-0.4, -0.2) is 15.9 Å². The Kier molecular flexibility index (Phi) is 13.7. The molecule has 0 radical (unpaired) electrons. The quantitative estimate of drug-likeness (QED) is 0.0929. The summed E-state index contributed by atoms with van der Waals surface area (Å²) in [6, 6.07) is 11.9. The molecule has 2 aromatic carbocycles. The highest BCUT2D eigenvalue weighted by Gasteiger charge is 2.13. The van der Waals surface area contributed by atoms with Gasteiger partial charge in [-0.15, -0.1) is 0 Å². The molecule has 1 heterocycles. The van der Waals surface area contributed by atoms with Crippen molar-refractivity contribution in [3.05, 3.63) is 77.4 Å². The van der Waals surface area contributed by atoms with Crippen LogP contribution in [0.2, 0.25) is 0 Å². The molecule has 0 unspecified atom stereocenters. The molecule has 0 saturated carbocycles. The first kappa shape index (κ1) is 30.5. The molecule has 0 aliphatic rings. The average Bonchev–Trinajstić information content (AvgIpc) is 2.95. The summed E-state index contributed by atoms with van der Waals surface area (Å²) in [5.41, 5.74) is 3.02. The van der Waals surface area contributed by atoms with E-state index in [9.17, 15) is 9.18 Å². The molecular weight excluding hydrogens is 487 g/mol. The summed E-state index contributed by atoms with van der Waals surface area (Å²) >= 11 is 0. The highest BCUT2D eigenvalue weighted by Crippen LogP contribution is 2.25. The molecule has 0 spiro atoms. The third kappa shape index (κ3) is 10.9. The molecule has 0 aliphatic carbocycles. The SMILES string of the molecule is CCCCCCCCCCc1ccc(C(=O)Oc2ccc(-c3ncc(CCCCCCC)cn3)c(F)c2)cc1. The van der Waals surface area contributed by atoms with Gasteiger partial charge in [-0.2, -0.15) is 0 Å². The van der Waals surface area contributed by atoms with E-state index in [1.807, 2.05) is 12.1 Å². The number of halogens is 1. The second-order valence-corrected chi connectivity index (χ2v) is 10.5. The van der Waals surface area contributed by atoms with E-state index in [4.69, 9.17) is 4.74 Å². The van der Waals surface area contributed by atoms with Crippen molar-refractivity contribution in [2.24, 2.45) is 0 Å². The van der Waals surface area contributed by atoms with Gasteiger partial charge in [-0.05, 0) is 61.1 Å². The summed E-state index contributed by atoms with van der Waals surface area (Å²) in [7, 11) is 0. The maximum absolute atomic E-state index is 14.8. The van der Waals surface area contributed by atoms with Crippen molar-refractivity contribution in [1.29, 1.82) is 0 Å². The van der Waals surface area contributed by atoms with E-state index in [2.05, 4.69) is 23.8 Å². The van der Waals surface area contributed by atoms with Crippen LogP contribution in [-0.2, 0) is 12.8 Å². The average molecular weight is 533 g/mol. The lowest BCUT2D eigenvalue weighted by molar-refractivity contribution is 0.0734. The van der Waals surface area contributed by atoms with Crippen molar-refractivity contribution in [2.45, 2.75) is 110 Å². The first-order valence-corrected chi connectivity index (χ1v) is 15.0. The van der Waals surface area contributed by atoms with E-state index in [0.29, 0.717) is 11.4 Å². The predicted molar refractivity (Wildman–Crippen MR) is 158 cm³/mol. The van der Waals surface area contributed by atoms with E-state index >= 15 is 0 Å². The monoisotopic (exact) mass is 532 g/mol. The fourth-order valence-electron chi connectivity index (χ4n) is 4.73. The Morgan fingerprint density at radius 2 is 1.23 bits per heavy atom. The molecule has 5 heteroatoms. The fraction of sp³-hybridized carbons (Fsp3) is 0.500. The Hall–Kier alpha value is -3.08. The molecule has 0 amide bonds. The Bertz CT molecular complexity index is 1110. The Balaban J connectivity index is 1.45. The zero-order chi connectivity index (χ0) is 27.7. The predicted octanol–water partition coefficient (Wildman–Crippen LogP) is 9.70. The van der Waals surface area contributed by atoms with Gasteiger partial charge < -0.3 is 4.74 Å². The number of aromatic nitrogens is 2. The van der Waals surface area contributed by atoms with Gasteiger partial charge in [0, 0.05) is 18.5 Å². The van der Waals surface area contributed by atoms with E-state index in [0.717, 1.165) is 31.2 Å². The van der Waals surface area contributed by atoms with Crippen molar-refractivity contribution in [2.75, 3.05) is 0 Å². The van der Waals surface area contributed by atoms with Crippen LogP contribution in [0.3, 0.4) is 0 Å². The summed E-state index contributed by atoms with van der Waals surface area (Å²) in [5.74, 6) is -0.534. The number of carbonyl (C=O) groups excluding carboxylic acids is 1. The summed E-state index contributed by atoms with van der Waals surface area (Å²) in [6.45, 7) is 4.45. The lowest BCUT2D eigenvalue weighted by Crippen LogP contribution is -2.09. The number of rotatable bonds is 18. The van der Waals surface area contributed by atoms with Crippen LogP contribution in [0, 0.1) is 5.82 Å². The molecule has 1 aromatic heterocycles. The number of carbonyl (C=O) groups is 1. The summed E-state index contributed by atoms with van der Waals surface area (Å²) < 4.78 is 20.3. The van der Waals surface area contributed by atoms with Crippen molar-refractivity contribution in [1.82, 2.24) is 9.97 Å². The van der Waals surface area contributed by atoms with Crippen molar-refractivity contribution in [3.63, 3.8) is 0 Å². The number of esters is 1. The molecule has 3 aromatic rings. The molecule has 39 heavy (non-hydrogen) atoms. The maximum Gasteiger partial charge on any atom is 0.343 e. The standard InChI is InChI=1S/C34H45FN2O2/c1-3-5-7-9-10-11-13-14-16-27-18-20-29(21-19-27)34(38)39-30-22-23-31(32(35)24-30)33-36-25-28(26-37-33)17-15-12-8-6-4-2/h18-26H,3-17H2,1-2H3. The number of nitrogens with zero attached hydrogens (tertiary/aromatic N) is 2. The van der Waals surface area contributed by atoms with E-state index in [1.165, 1.54) is 82.3 Å². The molecule has 3 rings (SSSR count). The van der Waals surface area contributed by atoms with Crippen LogP contribution in [0.1, 0.15) is 119 Å². The van der Waals surface area contributed by atoms with Gasteiger partial charge >= 0.3 is 5.97 Å². The highest BCUT2D eigenvalue weighted by atomic mass is 19.1. The van der Waals surface area contributed by atoms with Crippen molar-refractivity contribution in [3.8, 4) is 17.1 Å². The van der Waals surface area contributed by atoms with Gasteiger partial charge in [0.05, 0.1) is 11.1 Å². The molecule has 0 atom stereocenters. The van der Waals surface area contributed by atoms with Crippen LogP contribution >= 0.6 is 0 Å². The van der Waals surface area contributed by atoms with Gasteiger partial charge in [0.15, 0.2) is 5.82 Å². The molecule has 0 saturated heterocycles. The van der Waals surface area contributed by atoms with Crippen LogP contribution in [0.4, 0.5) is 4.39 Å². The minimum atomic E-state index is -0.520. The zero-order valence-corrected chi connectivity index (χ0v) is 23.9. The van der Waals surface area contributed by atoms with Gasteiger partial charge in [-0.3, -0.25) is 0 Å². The molecule has 0 bridgehead atoms. The normalized spacial score (nSPS) is 11.1. The third-order valence-corrected chi connectivity index (χ3v) is 7.17. The first-order valence-electron chi connectivity index (χ1n) is 15.0. The van der Waals surface area contributed by atoms with Gasteiger partial charge in [-0.25, -0.2) is 19.2 Å². The van der Waals surface area contributed by atoms with E-state index < -0.39 is 11.8 Å². The molecule has 0 aliphatic heterocycles. The van der Waals surface area contributed by atoms with Crippen molar-refractivity contribution < 1.29 is 13.9 Å². The molecular formula is C34H45FN2O2. The van der Waals surface area contributed by atoms with Crippen LogP contribution in [0.15, 0.2) is 54.9 Å². The van der Waals surface area contributed by atoms with Crippen LogP contribution in [0.25, 0.3) is 11.4 Å². The zero-order valence-electron chi connectivity index (χ0n) is 23.9. The molecule has 210 valence electrons. The number of aryl methyl sites for hydroxylation is 2. The lowest BCUT2D eigenvalue weighted by Gasteiger charge is -2.08. The van der Waals surface area contributed by atoms with E-state index in [1.54, 1.807) is 36.7 Å². The summed E-state index contributed by atoms with van der Waals surface area (Å²) in [5, 5.41) is 0. The lowest BCUT2D eigenvalue weighted by atomic mass is 10.0. The Morgan fingerprint density at radius 3 is 1.79 bits per heavy atom. The highest BCUT2D eigenvalue weighted by molar-refractivity contribution is 5.91. The number of hydrogen-bond donors (Lipinski definition) is 0. The second-order valence-electron chi connectivity index (χ2n) is 10.5. The van der Waals surface area contributed by atoms with E-state index in [-0.39, 0.29) is 11.3 Å². The van der Waals surface area contributed by atoms with Crippen LogP contribution < -0.4 is 4.74 Å². The fourth-order valence-corrected chi connectivity index (χ4v) is 4.73.